The third kappa shape index (κ3) is 5.91. The van der Waals surface area contributed by atoms with Crippen LogP contribution in [0.5, 0.6) is 0 Å². The highest BCUT2D eigenvalue weighted by atomic mass is 32.2. The molecule has 1 N–H and O–H groups in total. The average Bonchev–Trinajstić information content (AvgIpc) is 1.59. The molecule has 0 rings (SSSR count). The first-order chi connectivity index (χ1) is 3.56. The number of hydrogen-bond donors (Lipinski definition) is 1. The Labute approximate surface area is 50.0 Å². The van der Waals surface area contributed by atoms with Gasteiger partial charge in [0.25, 0.3) is 0 Å². The van der Waals surface area contributed by atoms with Crippen LogP contribution in [-0.4, -0.2) is 27.1 Å². The lowest BCUT2D eigenvalue weighted by molar-refractivity contribution is 0.594. The number of rotatable bonds is 3. The molecule has 0 aromatic rings. The van der Waals surface area contributed by atoms with E-state index in [1.165, 1.54) is 6.26 Å². The van der Waals surface area contributed by atoms with Gasteiger partial charge in [0, 0.05) is 6.26 Å². The molecule has 0 aliphatic heterocycles. The highest BCUT2D eigenvalue weighted by Gasteiger charge is 1.96. The van der Waals surface area contributed by atoms with Crippen LogP contribution in [0.4, 0.5) is 0 Å². The van der Waals surface area contributed by atoms with Crippen molar-refractivity contribution >= 4 is 9.84 Å². The predicted octanol–water partition coefficient (Wildman–Crippen LogP) is -0.402. The number of nitrogens with one attached hydrogen (secondary N) is 1. The van der Waals surface area contributed by atoms with Crippen LogP contribution in [0.3, 0.4) is 0 Å². The predicted molar refractivity (Wildman–Crippen MR) is 33.4 cm³/mol. The largest absolute Gasteiger partial charge is 0.304 e. The third-order valence-electron chi connectivity index (χ3n) is 0.614. The molecule has 0 aliphatic carbocycles. The van der Waals surface area contributed by atoms with Crippen molar-refractivity contribution in [1.29, 1.82) is 0 Å². The van der Waals surface area contributed by atoms with Crippen LogP contribution in [-0.2, 0) is 9.84 Å². The lowest BCUT2D eigenvalue weighted by Crippen LogP contribution is -2.21. The van der Waals surface area contributed by atoms with Crippen LogP contribution in [0.25, 0.3) is 0 Å². The van der Waals surface area contributed by atoms with Crippen LogP contribution >= 0.6 is 0 Å². The quantitative estimate of drug-likeness (QED) is 0.575. The summed E-state index contributed by atoms with van der Waals surface area (Å²) in [6, 6.07) is 0. The van der Waals surface area contributed by atoms with Crippen molar-refractivity contribution in [3.8, 4) is 0 Å². The van der Waals surface area contributed by atoms with Crippen molar-refractivity contribution in [3.63, 3.8) is 0 Å². The van der Waals surface area contributed by atoms with Gasteiger partial charge in [-0.25, -0.2) is 8.42 Å². The summed E-state index contributed by atoms with van der Waals surface area (Å²) in [5, 5.41) is 2.70. The Morgan fingerprint density at radius 2 is 2.00 bits per heavy atom. The normalized spacial score (nSPS) is 11.8. The molecule has 0 saturated carbocycles. The second-order valence-electron chi connectivity index (χ2n) is 1.67. The summed E-state index contributed by atoms with van der Waals surface area (Å²) in [5.74, 6) is 0.0868. The van der Waals surface area contributed by atoms with E-state index in [0.717, 1.165) is 0 Å². The summed E-state index contributed by atoms with van der Waals surface area (Å²) in [6.45, 7) is 2.57. The topological polar surface area (TPSA) is 46.2 Å². The molecule has 0 spiro atoms. The van der Waals surface area contributed by atoms with Crippen LogP contribution in [0.2, 0.25) is 0 Å². The smallest absolute Gasteiger partial charge is 0.160 e. The van der Waals surface area contributed by atoms with Crippen molar-refractivity contribution in [1.82, 2.24) is 5.32 Å². The minimum atomic E-state index is -2.80. The minimum Gasteiger partial charge on any atom is -0.304 e. The fourth-order valence-corrected chi connectivity index (χ4v) is 0.862. The van der Waals surface area contributed by atoms with Gasteiger partial charge in [-0.05, 0) is 6.54 Å². The molecule has 0 unspecified atom stereocenters. The van der Waals surface area contributed by atoms with Crippen molar-refractivity contribution < 1.29 is 8.42 Å². The first-order valence-corrected chi connectivity index (χ1v) is 4.50. The summed E-state index contributed by atoms with van der Waals surface area (Å²) in [4.78, 5) is 0. The van der Waals surface area contributed by atoms with Crippen molar-refractivity contribution in [2.24, 2.45) is 0 Å². The van der Waals surface area contributed by atoms with Gasteiger partial charge in [0.15, 0.2) is 9.84 Å². The van der Waals surface area contributed by atoms with Crippen molar-refractivity contribution in [2.45, 2.75) is 6.92 Å². The third-order valence-corrected chi connectivity index (χ3v) is 1.34. The van der Waals surface area contributed by atoms with E-state index in [9.17, 15) is 8.42 Å². The Kier molecular flexibility index (Phi) is 3.01. The Morgan fingerprint density at radius 3 is 2.12 bits per heavy atom. The summed E-state index contributed by atoms with van der Waals surface area (Å²) >= 11 is 0. The molecule has 0 aromatic carbocycles. The van der Waals surface area contributed by atoms with E-state index < -0.39 is 9.84 Å². The Hall–Kier alpha value is -0.0900. The zero-order valence-electron chi connectivity index (χ0n) is 5.14. The zero-order chi connectivity index (χ0) is 6.62. The van der Waals surface area contributed by atoms with Gasteiger partial charge in [0.1, 0.15) is 0 Å². The van der Waals surface area contributed by atoms with Gasteiger partial charge in [-0.15, -0.1) is 0 Å². The molecule has 0 aromatic heterocycles. The van der Waals surface area contributed by atoms with E-state index >= 15 is 0 Å². The van der Waals surface area contributed by atoms with E-state index in [1.54, 1.807) is 0 Å². The van der Waals surface area contributed by atoms with E-state index in [0.29, 0.717) is 6.54 Å². The van der Waals surface area contributed by atoms with Gasteiger partial charge in [-0.1, -0.05) is 6.92 Å². The molecule has 3 nitrogen and oxygen atoms in total. The van der Waals surface area contributed by atoms with E-state index in [-0.39, 0.29) is 5.88 Å². The van der Waals surface area contributed by atoms with E-state index in [4.69, 9.17) is 0 Å². The van der Waals surface area contributed by atoms with E-state index in [2.05, 4.69) is 5.32 Å². The highest BCUT2D eigenvalue weighted by Crippen LogP contribution is 1.74. The van der Waals surface area contributed by atoms with Crippen molar-refractivity contribution in [3.05, 3.63) is 0 Å². The molecular formula is C4H11NO2S. The maximum absolute atomic E-state index is 10.3. The van der Waals surface area contributed by atoms with Gasteiger partial charge in [-0.2, -0.15) is 0 Å². The molecule has 0 aliphatic rings. The Bertz CT molecular complexity index is 138. The molecule has 50 valence electrons. The minimum absolute atomic E-state index is 0.0868. The first-order valence-electron chi connectivity index (χ1n) is 2.44. The summed E-state index contributed by atoms with van der Waals surface area (Å²) in [6.07, 6.45) is 1.20. The SMILES string of the molecule is CCNCS(C)(=O)=O. The number of hydrogen-bond acceptors (Lipinski definition) is 3. The lowest BCUT2D eigenvalue weighted by atomic mass is 10.8. The fraction of sp³-hybridized carbons (Fsp3) is 1.00. The van der Waals surface area contributed by atoms with Crippen LogP contribution in [0.1, 0.15) is 6.92 Å². The highest BCUT2D eigenvalue weighted by molar-refractivity contribution is 7.90. The monoisotopic (exact) mass is 137 g/mol. The zero-order valence-corrected chi connectivity index (χ0v) is 5.96. The van der Waals surface area contributed by atoms with Gasteiger partial charge in [0.05, 0.1) is 5.88 Å². The molecule has 0 atom stereocenters. The van der Waals surface area contributed by atoms with Gasteiger partial charge in [0.2, 0.25) is 0 Å². The molecule has 0 saturated heterocycles. The second kappa shape index (κ2) is 3.04. The Morgan fingerprint density at radius 1 is 1.50 bits per heavy atom. The maximum Gasteiger partial charge on any atom is 0.160 e. The molecule has 0 bridgehead atoms. The molecule has 0 fully saturated rings. The summed E-state index contributed by atoms with van der Waals surface area (Å²) < 4.78 is 20.7. The Balaban J connectivity index is 3.42. The van der Waals surface area contributed by atoms with Crippen LogP contribution in [0.15, 0.2) is 0 Å². The summed E-state index contributed by atoms with van der Waals surface area (Å²) in [5.41, 5.74) is 0. The molecule has 0 amide bonds. The fourth-order valence-electron chi connectivity index (χ4n) is 0.287. The van der Waals surface area contributed by atoms with Crippen LogP contribution < -0.4 is 5.32 Å². The first kappa shape index (κ1) is 7.91. The maximum atomic E-state index is 10.3. The van der Waals surface area contributed by atoms with Gasteiger partial charge < -0.3 is 5.32 Å². The number of sulfone groups is 1. The van der Waals surface area contributed by atoms with E-state index in [1.807, 2.05) is 6.92 Å². The average molecular weight is 137 g/mol. The van der Waals surface area contributed by atoms with Crippen LogP contribution in [0, 0.1) is 0 Å². The van der Waals surface area contributed by atoms with Gasteiger partial charge in [-0.3, -0.25) is 0 Å². The molecule has 0 heterocycles. The summed E-state index contributed by atoms with van der Waals surface area (Å²) in [7, 11) is -2.80. The second-order valence-corrected chi connectivity index (χ2v) is 3.81. The molecular weight excluding hydrogens is 126 g/mol. The molecule has 0 radical (unpaired) electrons. The van der Waals surface area contributed by atoms with Crippen molar-refractivity contribution in [2.75, 3.05) is 18.7 Å². The molecule has 8 heavy (non-hydrogen) atoms. The lowest BCUT2D eigenvalue weighted by Gasteiger charge is -1.95. The van der Waals surface area contributed by atoms with Gasteiger partial charge >= 0.3 is 0 Å². The molecule has 4 heteroatoms. The standard InChI is InChI=1S/C4H11NO2S/c1-3-5-4-8(2,6)7/h5H,3-4H2,1-2H3.